The van der Waals surface area contributed by atoms with Gasteiger partial charge in [-0.3, -0.25) is 0 Å². The third kappa shape index (κ3) is 8.43. The number of hydrogen-bond donors (Lipinski definition) is 0. The highest BCUT2D eigenvalue weighted by molar-refractivity contribution is 5.87. The molecule has 3 unspecified atom stereocenters. The molecule has 64 heavy (non-hydrogen) atoms. The number of nitrogens with zero attached hydrogens (tertiary/aromatic N) is 3. The van der Waals surface area contributed by atoms with Gasteiger partial charge in [-0.1, -0.05) is 172 Å². The van der Waals surface area contributed by atoms with Gasteiger partial charge in [0.15, 0.2) is 5.82 Å². The Labute approximate surface area is 381 Å². The summed E-state index contributed by atoms with van der Waals surface area (Å²) in [6.07, 6.45) is 39.9. The van der Waals surface area contributed by atoms with E-state index in [1.54, 1.807) is 0 Å². The molecule has 5 aliphatic carbocycles. The van der Waals surface area contributed by atoms with Crippen molar-refractivity contribution in [2.75, 3.05) is 0 Å². The van der Waals surface area contributed by atoms with Gasteiger partial charge in [-0.25, -0.2) is 9.97 Å². The summed E-state index contributed by atoms with van der Waals surface area (Å²) in [7, 11) is 0. The van der Waals surface area contributed by atoms with E-state index >= 15 is 0 Å². The fraction of sp³-hybridized carbons (Fsp3) is 0.262. The normalized spacial score (nSPS) is 21.7. The fourth-order valence-corrected chi connectivity index (χ4v) is 11.1. The van der Waals surface area contributed by atoms with Gasteiger partial charge in [0, 0.05) is 16.9 Å². The maximum absolute atomic E-state index is 9.82. The number of aromatic nitrogens is 2. The van der Waals surface area contributed by atoms with Crippen molar-refractivity contribution in [3.63, 3.8) is 0 Å². The lowest BCUT2D eigenvalue weighted by Crippen LogP contribution is -2.34. The molecule has 5 aliphatic rings. The highest BCUT2D eigenvalue weighted by atomic mass is 14.9. The molecule has 0 N–H and O–H groups in total. The van der Waals surface area contributed by atoms with Gasteiger partial charge in [0.1, 0.15) is 0 Å². The minimum absolute atomic E-state index is 0.128. The number of allylic oxidation sites excluding steroid dienone is 20. The lowest BCUT2D eigenvalue weighted by atomic mass is 9.62. The Hall–Kier alpha value is -6.63. The van der Waals surface area contributed by atoms with Crippen molar-refractivity contribution < 1.29 is 0 Å². The fourth-order valence-electron chi connectivity index (χ4n) is 11.1. The lowest BCUT2D eigenvalue weighted by Gasteiger charge is -2.41. The zero-order chi connectivity index (χ0) is 44.0. The molecule has 4 aromatic rings. The van der Waals surface area contributed by atoms with Crippen LogP contribution in [0.2, 0.25) is 0 Å². The molecule has 3 nitrogen and oxygen atoms in total. The molecule has 0 radical (unpaired) electrons. The largest absolute Gasteiger partial charge is 0.232 e. The Morgan fingerprint density at radius 2 is 1.69 bits per heavy atom. The van der Waals surface area contributed by atoms with Gasteiger partial charge in [-0.2, -0.15) is 5.26 Å². The first kappa shape index (κ1) is 42.7. The summed E-state index contributed by atoms with van der Waals surface area (Å²) < 4.78 is 0. The van der Waals surface area contributed by atoms with Crippen molar-refractivity contribution in [3.05, 3.63) is 233 Å². The van der Waals surface area contributed by atoms with Gasteiger partial charge in [0.2, 0.25) is 0 Å². The van der Waals surface area contributed by atoms with Crippen LogP contribution in [-0.2, 0) is 5.41 Å². The Morgan fingerprint density at radius 1 is 0.859 bits per heavy atom. The van der Waals surface area contributed by atoms with Crippen LogP contribution in [0.3, 0.4) is 0 Å². The molecular formula is C61H59N3. The maximum atomic E-state index is 9.82. The van der Waals surface area contributed by atoms with E-state index in [9.17, 15) is 5.26 Å². The average molecular weight is 834 g/mol. The van der Waals surface area contributed by atoms with E-state index in [0.29, 0.717) is 11.8 Å². The molecule has 1 spiro atoms. The standard InChI is InChI=1S/C61H59N3/c1-5-8-16-44(6-2)46-28-32-50(33-29-46)57-40-58(64-60(63-57)52-17-11-9-12-18-52)51-34-30-49(31-35-51)48-26-24-47(25-27-48)45(7-3)23-21-42(4)53-19-15-20-55-59(53)54-36-22-43(41-62)39-56(54)61(55)37-13-10-14-38-61/h5-9,11-12,15-19,21-29,32,34,36,39-40,49-50,55H,2,4,10,13-14,20,30-31,33,35,37-38H2,1,3H3/b8-5-,23-21-,44-16+,45-7+. The van der Waals surface area contributed by atoms with E-state index in [4.69, 9.17) is 9.97 Å². The Bertz CT molecular complexity index is 2780. The summed E-state index contributed by atoms with van der Waals surface area (Å²) in [5.41, 5.74) is 17.9. The summed E-state index contributed by atoms with van der Waals surface area (Å²) in [4.78, 5) is 10.3. The minimum Gasteiger partial charge on any atom is -0.232 e. The highest BCUT2D eigenvalue weighted by Crippen LogP contribution is 2.60. The third-order valence-corrected chi connectivity index (χ3v) is 14.5. The van der Waals surface area contributed by atoms with Gasteiger partial charge in [0.25, 0.3) is 0 Å². The number of rotatable bonds is 11. The minimum atomic E-state index is 0.128. The molecule has 0 aliphatic heterocycles. The van der Waals surface area contributed by atoms with Crippen LogP contribution in [0.25, 0.3) is 28.1 Å². The van der Waals surface area contributed by atoms with Crippen LogP contribution in [0, 0.1) is 17.2 Å². The quantitative estimate of drug-likeness (QED) is 0.141. The first-order chi connectivity index (χ1) is 31.4. The van der Waals surface area contributed by atoms with Crippen LogP contribution in [-0.4, -0.2) is 9.97 Å². The molecule has 3 aromatic carbocycles. The van der Waals surface area contributed by atoms with E-state index in [1.165, 1.54) is 82.2 Å². The smallest absolute Gasteiger partial charge is 0.160 e. The van der Waals surface area contributed by atoms with Crippen LogP contribution in [0.1, 0.15) is 129 Å². The van der Waals surface area contributed by atoms with E-state index in [1.807, 2.05) is 31.2 Å². The summed E-state index contributed by atoms with van der Waals surface area (Å²) in [6.45, 7) is 12.8. The molecule has 1 heterocycles. The van der Waals surface area contributed by atoms with Crippen molar-refractivity contribution in [2.24, 2.45) is 5.92 Å². The second kappa shape index (κ2) is 19.0. The van der Waals surface area contributed by atoms with Gasteiger partial charge >= 0.3 is 0 Å². The summed E-state index contributed by atoms with van der Waals surface area (Å²) >= 11 is 0. The van der Waals surface area contributed by atoms with E-state index in [2.05, 4.69) is 160 Å². The zero-order valence-corrected chi connectivity index (χ0v) is 37.6. The van der Waals surface area contributed by atoms with Gasteiger partial charge in [-0.05, 0) is 150 Å². The Morgan fingerprint density at radius 3 is 2.39 bits per heavy atom. The van der Waals surface area contributed by atoms with Crippen molar-refractivity contribution >= 4 is 16.7 Å². The monoisotopic (exact) mass is 833 g/mol. The first-order valence-corrected chi connectivity index (χ1v) is 23.5. The summed E-state index contributed by atoms with van der Waals surface area (Å²) in [5, 5.41) is 9.82. The SMILES string of the molecule is C=C/C(=C\C=C/C)C1=CCC(c2cc(C3=CCC(c4ccc(C(/C=C\C(=C)C5=C6c7ccc(C#N)cc7C7(CCCCC7)C6CC=C5)=C/C)cc4)CC3)nc(-c3ccccc3)n2)C=C1. The number of hydrogen-bond acceptors (Lipinski definition) is 3. The molecule has 3 atom stereocenters. The van der Waals surface area contributed by atoms with Crippen molar-refractivity contribution in [3.8, 4) is 17.5 Å². The Balaban J connectivity index is 0.908. The van der Waals surface area contributed by atoms with Gasteiger partial charge in [0.05, 0.1) is 23.0 Å². The predicted molar refractivity (Wildman–Crippen MR) is 268 cm³/mol. The Kier molecular flexibility index (Phi) is 12.7. The van der Waals surface area contributed by atoms with E-state index < -0.39 is 0 Å². The molecule has 0 bridgehead atoms. The number of fused-ring (bicyclic) bond motifs is 5. The predicted octanol–water partition coefficient (Wildman–Crippen LogP) is 15.8. The third-order valence-electron chi connectivity index (χ3n) is 14.5. The summed E-state index contributed by atoms with van der Waals surface area (Å²) in [5.74, 6) is 1.87. The lowest BCUT2D eigenvalue weighted by molar-refractivity contribution is 0.240. The molecular weight excluding hydrogens is 775 g/mol. The molecule has 0 saturated heterocycles. The molecule has 1 saturated carbocycles. The van der Waals surface area contributed by atoms with E-state index in [0.717, 1.165) is 71.6 Å². The topological polar surface area (TPSA) is 49.6 Å². The molecule has 0 amide bonds. The van der Waals surface area contributed by atoms with E-state index in [-0.39, 0.29) is 11.3 Å². The van der Waals surface area contributed by atoms with Crippen LogP contribution >= 0.6 is 0 Å². The molecule has 1 fully saturated rings. The van der Waals surface area contributed by atoms with Gasteiger partial charge < -0.3 is 0 Å². The van der Waals surface area contributed by atoms with Crippen LogP contribution in [0.4, 0.5) is 0 Å². The first-order valence-electron chi connectivity index (χ1n) is 23.5. The second-order valence-electron chi connectivity index (χ2n) is 18.1. The van der Waals surface area contributed by atoms with Crippen LogP contribution in [0.5, 0.6) is 0 Å². The van der Waals surface area contributed by atoms with Crippen molar-refractivity contribution in [2.45, 2.75) is 95.3 Å². The average Bonchev–Trinajstić information content (AvgIpc) is 3.62. The molecule has 318 valence electrons. The molecule has 1 aromatic heterocycles. The zero-order valence-electron chi connectivity index (χ0n) is 37.6. The van der Waals surface area contributed by atoms with Gasteiger partial charge in [-0.15, -0.1) is 0 Å². The van der Waals surface area contributed by atoms with Crippen LogP contribution in [0.15, 0.2) is 193 Å². The van der Waals surface area contributed by atoms with Crippen molar-refractivity contribution in [1.29, 1.82) is 5.26 Å². The number of benzene rings is 3. The second-order valence-corrected chi connectivity index (χ2v) is 18.1. The molecule has 3 heteroatoms. The number of nitriles is 1. The maximum Gasteiger partial charge on any atom is 0.160 e. The summed E-state index contributed by atoms with van der Waals surface area (Å²) in [6, 6.07) is 30.7. The molecule has 9 rings (SSSR count). The van der Waals surface area contributed by atoms with Crippen LogP contribution < -0.4 is 0 Å². The highest BCUT2D eigenvalue weighted by Gasteiger charge is 2.50. The van der Waals surface area contributed by atoms with Crippen molar-refractivity contribution in [1.82, 2.24) is 9.97 Å².